The molecular formula is C24H30N4O2S. The standard InChI is InChI=1S/C24H30N4O2S/c1-4-29-22-11-10-19(14-23(22)30-5-2)12-13-25-24(31)27-21-15-26-28(17-21)16-20-8-6-18(3)7-9-20/h6-11,14-15,17H,4-5,12-13,16H2,1-3H3,(H2,25,27,31). The zero-order valence-electron chi connectivity index (χ0n) is 18.4. The summed E-state index contributed by atoms with van der Waals surface area (Å²) in [6, 6.07) is 14.5. The van der Waals surface area contributed by atoms with Crippen molar-refractivity contribution in [3.8, 4) is 11.5 Å². The number of thiocarbonyl (C=S) groups is 1. The zero-order chi connectivity index (χ0) is 22.1. The van der Waals surface area contributed by atoms with Crippen molar-refractivity contribution < 1.29 is 9.47 Å². The molecule has 0 saturated heterocycles. The van der Waals surface area contributed by atoms with Crippen LogP contribution in [-0.4, -0.2) is 34.7 Å². The molecule has 6 nitrogen and oxygen atoms in total. The molecule has 0 fully saturated rings. The van der Waals surface area contributed by atoms with Crippen molar-refractivity contribution >= 4 is 23.0 Å². The fourth-order valence-corrected chi connectivity index (χ4v) is 3.36. The van der Waals surface area contributed by atoms with Gasteiger partial charge in [0.15, 0.2) is 16.6 Å². The highest BCUT2D eigenvalue weighted by atomic mass is 32.1. The molecule has 0 aliphatic heterocycles. The lowest BCUT2D eigenvalue weighted by Gasteiger charge is -2.13. The van der Waals surface area contributed by atoms with Crippen molar-refractivity contribution in [3.63, 3.8) is 0 Å². The first-order valence-electron chi connectivity index (χ1n) is 10.6. The van der Waals surface area contributed by atoms with Gasteiger partial charge in [-0.15, -0.1) is 0 Å². The van der Waals surface area contributed by atoms with E-state index in [4.69, 9.17) is 21.7 Å². The third-order valence-electron chi connectivity index (χ3n) is 4.66. The number of hydrogen-bond acceptors (Lipinski definition) is 4. The predicted octanol–water partition coefficient (Wildman–Crippen LogP) is 4.57. The predicted molar refractivity (Wildman–Crippen MR) is 129 cm³/mol. The SMILES string of the molecule is CCOc1ccc(CCNC(=S)Nc2cnn(Cc3ccc(C)cc3)c2)cc1OCC. The number of benzene rings is 2. The van der Waals surface area contributed by atoms with Gasteiger partial charge in [0.2, 0.25) is 0 Å². The molecule has 0 unspecified atom stereocenters. The molecule has 0 amide bonds. The number of ether oxygens (including phenoxy) is 2. The normalized spacial score (nSPS) is 10.5. The third kappa shape index (κ3) is 7.00. The Morgan fingerprint density at radius 3 is 2.45 bits per heavy atom. The molecule has 164 valence electrons. The van der Waals surface area contributed by atoms with E-state index in [0.717, 1.165) is 35.7 Å². The minimum atomic E-state index is 0.575. The molecule has 0 aliphatic rings. The lowest BCUT2D eigenvalue weighted by Crippen LogP contribution is -2.30. The van der Waals surface area contributed by atoms with E-state index in [0.29, 0.717) is 24.9 Å². The first kappa shape index (κ1) is 22.6. The molecule has 2 aromatic carbocycles. The maximum Gasteiger partial charge on any atom is 0.170 e. The van der Waals surface area contributed by atoms with E-state index in [1.165, 1.54) is 11.1 Å². The van der Waals surface area contributed by atoms with E-state index in [9.17, 15) is 0 Å². The number of rotatable bonds is 10. The van der Waals surface area contributed by atoms with E-state index in [-0.39, 0.29) is 0 Å². The van der Waals surface area contributed by atoms with Crippen molar-refractivity contribution in [2.24, 2.45) is 0 Å². The molecule has 1 aromatic heterocycles. The Balaban J connectivity index is 1.47. The second-order valence-corrected chi connectivity index (χ2v) is 7.60. The maximum absolute atomic E-state index is 5.69. The van der Waals surface area contributed by atoms with Gasteiger partial charge in [-0.3, -0.25) is 4.68 Å². The summed E-state index contributed by atoms with van der Waals surface area (Å²) in [7, 11) is 0. The lowest BCUT2D eigenvalue weighted by molar-refractivity contribution is 0.287. The Labute approximate surface area is 189 Å². The Morgan fingerprint density at radius 2 is 1.71 bits per heavy atom. The van der Waals surface area contributed by atoms with Crippen molar-refractivity contribution in [2.45, 2.75) is 33.7 Å². The highest BCUT2D eigenvalue weighted by Crippen LogP contribution is 2.28. The minimum Gasteiger partial charge on any atom is -0.490 e. The molecule has 3 aromatic rings. The van der Waals surface area contributed by atoms with Gasteiger partial charge in [-0.2, -0.15) is 5.10 Å². The Hall–Kier alpha value is -3.06. The second kappa shape index (κ2) is 11.4. The van der Waals surface area contributed by atoms with Crippen molar-refractivity contribution in [1.82, 2.24) is 15.1 Å². The van der Waals surface area contributed by atoms with Crippen LogP contribution < -0.4 is 20.1 Å². The summed E-state index contributed by atoms with van der Waals surface area (Å²) in [5.74, 6) is 1.56. The van der Waals surface area contributed by atoms with Crippen LogP contribution in [0.3, 0.4) is 0 Å². The van der Waals surface area contributed by atoms with E-state index in [1.807, 2.05) is 36.9 Å². The Morgan fingerprint density at radius 1 is 1.00 bits per heavy atom. The number of aryl methyl sites for hydroxylation is 1. The number of nitrogens with zero attached hydrogens (tertiary/aromatic N) is 2. The molecule has 0 spiro atoms. The van der Waals surface area contributed by atoms with Gasteiger partial charge in [0.05, 0.1) is 31.6 Å². The molecule has 7 heteroatoms. The number of anilines is 1. The van der Waals surface area contributed by atoms with Crippen LogP contribution in [-0.2, 0) is 13.0 Å². The number of aromatic nitrogens is 2. The summed E-state index contributed by atoms with van der Waals surface area (Å²) >= 11 is 5.42. The smallest absolute Gasteiger partial charge is 0.170 e. The van der Waals surface area contributed by atoms with Crippen LogP contribution in [0, 0.1) is 6.92 Å². The van der Waals surface area contributed by atoms with Crippen LogP contribution in [0.2, 0.25) is 0 Å². The van der Waals surface area contributed by atoms with Gasteiger partial charge in [-0.25, -0.2) is 0 Å². The fraction of sp³-hybridized carbons (Fsp3) is 0.333. The van der Waals surface area contributed by atoms with Gasteiger partial charge in [-0.1, -0.05) is 35.9 Å². The summed E-state index contributed by atoms with van der Waals surface area (Å²) in [5, 5.41) is 11.4. The quantitative estimate of drug-likeness (QED) is 0.452. The van der Waals surface area contributed by atoms with Crippen molar-refractivity contribution in [1.29, 1.82) is 0 Å². The number of hydrogen-bond donors (Lipinski definition) is 2. The van der Waals surface area contributed by atoms with E-state index >= 15 is 0 Å². The van der Waals surface area contributed by atoms with Gasteiger partial charge in [0.1, 0.15) is 0 Å². The Kier molecular flexibility index (Phi) is 8.29. The fourth-order valence-electron chi connectivity index (χ4n) is 3.14. The molecular weight excluding hydrogens is 408 g/mol. The lowest BCUT2D eigenvalue weighted by atomic mass is 10.1. The van der Waals surface area contributed by atoms with Crippen LogP contribution in [0.1, 0.15) is 30.5 Å². The topological polar surface area (TPSA) is 60.3 Å². The monoisotopic (exact) mass is 438 g/mol. The first-order valence-corrected chi connectivity index (χ1v) is 11.0. The summed E-state index contributed by atoms with van der Waals surface area (Å²) in [6.45, 7) is 8.67. The molecule has 3 rings (SSSR count). The van der Waals surface area contributed by atoms with Crippen LogP contribution in [0.15, 0.2) is 54.9 Å². The van der Waals surface area contributed by atoms with Crippen LogP contribution >= 0.6 is 12.2 Å². The summed E-state index contributed by atoms with van der Waals surface area (Å²) < 4.78 is 13.2. The van der Waals surface area contributed by atoms with Crippen LogP contribution in [0.25, 0.3) is 0 Å². The van der Waals surface area contributed by atoms with Gasteiger partial charge in [-0.05, 0) is 62.7 Å². The van der Waals surface area contributed by atoms with Crippen LogP contribution in [0.4, 0.5) is 5.69 Å². The molecule has 0 bridgehead atoms. The van der Waals surface area contributed by atoms with Crippen LogP contribution in [0.5, 0.6) is 11.5 Å². The highest BCUT2D eigenvalue weighted by molar-refractivity contribution is 7.80. The van der Waals surface area contributed by atoms with Gasteiger partial charge in [0.25, 0.3) is 0 Å². The average molecular weight is 439 g/mol. The van der Waals surface area contributed by atoms with Gasteiger partial charge >= 0.3 is 0 Å². The van der Waals surface area contributed by atoms with Crippen molar-refractivity contribution in [2.75, 3.05) is 25.1 Å². The summed E-state index contributed by atoms with van der Waals surface area (Å²) in [6.07, 6.45) is 4.55. The van der Waals surface area contributed by atoms with Gasteiger partial charge < -0.3 is 20.1 Å². The molecule has 0 atom stereocenters. The van der Waals surface area contributed by atoms with E-state index in [1.54, 1.807) is 6.20 Å². The summed E-state index contributed by atoms with van der Waals surface area (Å²) in [4.78, 5) is 0. The molecule has 0 aliphatic carbocycles. The second-order valence-electron chi connectivity index (χ2n) is 7.19. The highest BCUT2D eigenvalue weighted by Gasteiger charge is 2.07. The largest absolute Gasteiger partial charge is 0.490 e. The number of nitrogens with one attached hydrogen (secondary N) is 2. The Bertz CT molecular complexity index is 985. The van der Waals surface area contributed by atoms with E-state index < -0.39 is 0 Å². The van der Waals surface area contributed by atoms with Gasteiger partial charge in [0, 0.05) is 12.7 Å². The maximum atomic E-state index is 5.69. The summed E-state index contributed by atoms with van der Waals surface area (Å²) in [5.41, 5.74) is 4.49. The molecule has 2 N–H and O–H groups in total. The molecule has 1 heterocycles. The molecule has 0 radical (unpaired) electrons. The molecule has 0 saturated carbocycles. The zero-order valence-corrected chi connectivity index (χ0v) is 19.2. The minimum absolute atomic E-state index is 0.575. The first-order chi connectivity index (χ1) is 15.1. The average Bonchev–Trinajstić information content (AvgIpc) is 3.18. The molecule has 31 heavy (non-hydrogen) atoms. The third-order valence-corrected chi connectivity index (χ3v) is 4.91. The van der Waals surface area contributed by atoms with Crippen molar-refractivity contribution in [3.05, 3.63) is 71.5 Å². The van der Waals surface area contributed by atoms with E-state index in [2.05, 4.69) is 53.0 Å².